The van der Waals surface area contributed by atoms with Crippen LogP contribution in [0.5, 0.6) is 0 Å². The molecule has 0 aromatic carbocycles. The Morgan fingerprint density at radius 2 is 1.50 bits per heavy atom. The van der Waals surface area contributed by atoms with Crippen LogP contribution < -0.4 is 5.73 Å². The van der Waals surface area contributed by atoms with E-state index in [0.29, 0.717) is 46.2 Å². The second kappa shape index (κ2) is 17.1. The van der Waals surface area contributed by atoms with Crippen LogP contribution >= 0.6 is 0 Å². The van der Waals surface area contributed by atoms with Gasteiger partial charge in [0, 0.05) is 13.7 Å². The molecule has 0 aromatic rings. The monoisotopic (exact) mass is 321 g/mol. The lowest BCUT2D eigenvalue weighted by Crippen LogP contribution is -2.23. The van der Waals surface area contributed by atoms with Gasteiger partial charge in [0.05, 0.1) is 51.8 Å². The Hall–Kier alpha value is -0.240. The van der Waals surface area contributed by atoms with Crippen molar-refractivity contribution >= 4 is 0 Å². The summed E-state index contributed by atoms with van der Waals surface area (Å²) in [5.41, 5.74) is 5.64. The first-order chi connectivity index (χ1) is 10.7. The zero-order valence-electron chi connectivity index (χ0n) is 14.6. The Morgan fingerprint density at radius 3 is 2.18 bits per heavy atom. The van der Waals surface area contributed by atoms with Crippen molar-refractivity contribution in [3.05, 3.63) is 0 Å². The number of hydrogen-bond acceptors (Lipinski definition) is 6. The number of hydrogen-bond donors (Lipinski definition) is 1. The lowest BCUT2D eigenvalue weighted by molar-refractivity contribution is -0.0246. The molecule has 2 N–H and O–H groups in total. The molecule has 0 fully saturated rings. The van der Waals surface area contributed by atoms with Gasteiger partial charge < -0.3 is 29.4 Å². The molecule has 0 aromatic heterocycles. The molecule has 6 heteroatoms. The molecule has 0 aliphatic rings. The lowest BCUT2D eigenvalue weighted by atomic mass is 10.1. The summed E-state index contributed by atoms with van der Waals surface area (Å²) >= 11 is 0. The molecular formula is C16H35NO5. The SMILES string of the molecule is CCOCCOCCOC(CCN)CCC(C)OCCOC. The molecule has 0 bridgehead atoms. The van der Waals surface area contributed by atoms with Crippen LogP contribution in [0.2, 0.25) is 0 Å². The van der Waals surface area contributed by atoms with Gasteiger partial charge in [-0.25, -0.2) is 0 Å². The number of ether oxygens (including phenoxy) is 5. The van der Waals surface area contributed by atoms with Gasteiger partial charge in [-0.05, 0) is 39.7 Å². The fourth-order valence-electron chi connectivity index (χ4n) is 1.97. The van der Waals surface area contributed by atoms with Gasteiger partial charge in [-0.3, -0.25) is 0 Å². The van der Waals surface area contributed by atoms with E-state index in [2.05, 4.69) is 6.92 Å². The maximum Gasteiger partial charge on any atom is 0.0704 e. The predicted molar refractivity (Wildman–Crippen MR) is 87.2 cm³/mol. The van der Waals surface area contributed by atoms with E-state index in [0.717, 1.165) is 25.9 Å². The quantitative estimate of drug-likeness (QED) is 0.410. The van der Waals surface area contributed by atoms with Crippen molar-refractivity contribution in [2.45, 2.75) is 45.3 Å². The highest BCUT2D eigenvalue weighted by Crippen LogP contribution is 2.10. The molecule has 0 spiro atoms. The molecule has 0 rings (SSSR count). The van der Waals surface area contributed by atoms with Crippen molar-refractivity contribution in [1.82, 2.24) is 0 Å². The number of nitrogens with two attached hydrogens (primary N) is 1. The third kappa shape index (κ3) is 14.7. The van der Waals surface area contributed by atoms with Gasteiger partial charge in [-0.1, -0.05) is 0 Å². The minimum Gasteiger partial charge on any atom is -0.382 e. The number of rotatable bonds is 17. The molecule has 0 saturated carbocycles. The maximum atomic E-state index is 5.84. The summed E-state index contributed by atoms with van der Waals surface area (Å²) in [6.07, 6.45) is 3.16. The molecule has 134 valence electrons. The zero-order chi connectivity index (χ0) is 16.5. The summed E-state index contributed by atoms with van der Waals surface area (Å²) in [5, 5.41) is 0. The van der Waals surface area contributed by atoms with Crippen LogP contribution in [0, 0.1) is 0 Å². The van der Waals surface area contributed by atoms with E-state index in [1.165, 1.54) is 0 Å². The van der Waals surface area contributed by atoms with Gasteiger partial charge in [0.25, 0.3) is 0 Å². The molecular weight excluding hydrogens is 286 g/mol. The molecule has 2 atom stereocenters. The largest absolute Gasteiger partial charge is 0.382 e. The van der Waals surface area contributed by atoms with E-state index in [1.807, 2.05) is 6.92 Å². The molecule has 0 aliphatic carbocycles. The van der Waals surface area contributed by atoms with Crippen LogP contribution in [-0.4, -0.2) is 72.1 Å². The molecule has 0 saturated heterocycles. The third-order valence-electron chi connectivity index (χ3n) is 3.23. The Labute approximate surface area is 135 Å². The molecule has 0 amide bonds. The molecule has 2 unspecified atom stereocenters. The molecule has 6 nitrogen and oxygen atoms in total. The Kier molecular flexibility index (Phi) is 16.9. The van der Waals surface area contributed by atoms with Crippen molar-refractivity contribution < 1.29 is 23.7 Å². The Balaban J connectivity index is 3.63. The van der Waals surface area contributed by atoms with Gasteiger partial charge >= 0.3 is 0 Å². The van der Waals surface area contributed by atoms with Gasteiger partial charge in [0.1, 0.15) is 0 Å². The average molecular weight is 321 g/mol. The Morgan fingerprint density at radius 1 is 0.818 bits per heavy atom. The van der Waals surface area contributed by atoms with Crippen molar-refractivity contribution in [3.8, 4) is 0 Å². The fourth-order valence-corrected chi connectivity index (χ4v) is 1.97. The molecule has 0 heterocycles. The smallest absolute Gasteiger partial charge is 0.0704 e. The zero-order valence-corrected chi connectivity index (χ0v) is 14.6. The second-order valence-electron chi connectivity index (χ2n) is 5.13. The minimum absolute atomic E-state index is 0.175. The highest BCUT2D eigenvalue weighted by molar-refractivity contribution is 4.62. The standard InChI is InChI=1S/C16H35NO5/c1-4-19-10-11-20-12-14-22-16(7-8-17)6-5-15(2)21-13-9-18-3/h15-16H,4-14,17H2,1-3H3. The fraction of sp³-hybridized carbons (Fsp3) is 1.00. The van der Waals surface area contributed by atoms with Crippen molar-refractivity contribution in [1.29, 1.82) is 0 Å². The van der Waals surface area contributed by atoms with E-state index in [9.17, 15) is 0 Å². The molecule has 22 heavy (non-hydrogen) atoms. The minimum atomic E-state index is 0.175. The molecule has 0 aliphatic heterocycles. The van der Waals surface area contributed by atoms with Gasteiger partial charge in [-0.2, -0.15) is 0 Å². The topological polar surface area (TPSA) is 72.2 Å². The highest BCUT2D eigenvalue weighted by Gasteiger charge is 2.11. The van der Waals surface area contributed by atoms with E-state index in [4.69, 9.17) is 29.4 Å². The maximum absolute atomic E-state index is 5.84. The normalized spacial score (nSPS) is 14.2. The summed E-state index contributed by atoms with van der Waals surface area (Å²) in [5.74, 6) is 0. The van der Waals surface area contributed by atoms with Gasteiger partial charge in [0.15, 0.2) is 0 Å². The van der Waals surface area contributed by atoms with E-state index in [-0.39, 0.29) is 12.2 Å². The van der Waals surface area contributed by atoms with E-state index < -0.39 is 0 Å². The van der Waals surface area contributed by atoms with Crippen molar-refractivity contribution in [3.63, 3.8) is 0 Å². The van der Waals surface area contributed by atoms with Crippen LogP contribution in [-0.2, 0) is 23.7 Å². The summed E-state index contributed by atoms with van der Waals surface area (Å²) in [7, 11) is 1.68. The van der Waals surface area contributed by atoms with Gasteiger partial charge in [0.2, 0.25) is 0 Å². The van der Waals surface area contributed by atoms with E-state index in [1.54, 1.807) is 7.11 Å². The summed E-state index contributed by atoms with van der Waals surface area (Å²) in [6.45, 7) is 9.11. The predicted octanol–water partition coefficient (Wildman–Crippen LogP) is 1.61. The summed E-state index contributed by atoms with van der Waals surface area (Å²) in [6, 6.07) is 0. The highest BCUT2D eigenvalue weighted by atomic mass is 16.5. The summed E-state index contributed by atoms with van der Waals surface area (Å²) in [4.78, 5) is 0. The van der Waals surface area contributed by atoms with Crippen LogP contribution in [0.25, 0.3) is 0 Å². The van der Waals surface area contributed by atoms with Crippen molar-refractivity contribution in [2.24, 2.45) is 5.73 Å². The van der Waals surface area contributed by atoms with Crippen LogP contribution in [0.1, 0.15) is 33.1 Å². The molecule has 0 radical (unpaired) electrons. The average Bonchev–Trinajstić information content (AvgIpc) is 2.52. The third-order valence-corrected chi connectivity index (χ3v) is 3.23. The van der Waals surface area contributed by atoms with Crippen molar-refractivity contribution in [2.75, 3.05) is 59.9 Å². The lowest BCUT2D eigenvalue weighted by Gasteiger charge is -2.20. The first-order valence-corrected chi connectivity index (χ1v) is 8.32. The van der Waals surface area contributed by atoms with Crippen LogP contribution in [0.4, 0.5) is 0 Å². The second-order valence-corrected chi connectivity index (χ2v) is 5.13. The van der Waals surface area contributed by atoms with Crippen LogP contribution in [0.3, 0.4) is 0 Å². The van der Waals surface area contributed by atoms with Gasteiger partial charge in [-0.15, -0.1) is 0 Å². The van der Waals surface area contributed by atoms with E-state index >= 15 is 0 Å². The number of methoxy groups -OCH3 is 1. The Bertz CT molecular complexity index is 219. The first kappa shape index (κ1) is 21.8. The van der Waals surface area contributed by atoms with Crippen LogP contribution in [0.15, 0.2) is 0 Å². The summed E-state index contributed by atoms with van der Waals surface area (Å²) < 4.78 is 27.1. The first-order valence-electron chi connectivity index (χ1n) is 8.32.